The van der Waals surface area contributed by atoms with E-state index in [1.165, 1.54) is 18.4 Å². The minimum atomic E-state index is 0.758. The normalized spacial score (nSPS) is 15.7. The van der Waals surface area contributed by atoms with Gasteiger partial charge in [0.1, 0.15) is 12.0 Å². The van der Waals surface area contributed by atoms with Crippen molar-refractivity contribution in [3.63, 3.8) is 0 Å². The SMILES string of the molecule is c1cc(-c2ccc(C3CC3)cn2)no1. The van der Waals surface area contributed by atoms with Gasteiger partial charge >= 0.3 is 0 Å². The van der Waals surface area contributed by atoms with E-state index in [0.717, 1.165) is 17.3 Å². The van der Waals surface area contributed by atoms with E-state index in [-0.39, 0.29) is 0 Å². The van der Waals surface area contributed by atoms with Crippen molar-refractivity contribution in [2.75, 3.05) is 0 Å². The van der Waals surface area contributed by atoms with Crippen LogP contribution in [-0.4, -0.2) is 10.1 Å². The van der Waals surface area contributed by atoms with Gasteiger partial charge in [0.2, 0.25) is 0 Å². The van der Waals surface area contributed by atoms with Gasteiger partial charge in [-0.05, 0) is 30.4 Å². The van der Waals surface area contributed by atoms with E-state index in [2.05, 4.69) is 16.2 Å². The molecule has 0 radical (unpaired) electrons. The Hall–Kier alpha value is -1.64. The zero-order valence-electron chi connectivity index (χ0n) is 7.68. The van der Waals surface area contributed by atoms with Gasteiger partial charge in [-0.1, -0.05) is 11.2 Å². The van der Waals surface area contributed by atoms with E-state index in [4.69, 9.17) is 4.52 Å². The summed E-state index contributed by atoms with van der Waals surface area (Å²) in [5.74, 6) is 0.758. The third kappa shape index (κ3) is 1.31. The molecule has 0 saturated heterocycles. The van der Waals surface area contributed by atoms with Gasteiger partial charge < -0.3 is 4.52 Å². The average molecular weight is 186 g/mol. The minimum absolute atomic E-state index is 0.758. The maximum Gasteiger partial charge on any atom is 0.132 e. The third-order valence-electron chi connectivity index (χ3n) is 2.54. The molecule has 70 valence electrons. The van der Waals surface area contributed by atoms with Gasteiger partial charge in [0.15, 0.2) is 0 Å². The second-order valence-corrected chi connectivity index (χ2v) is 3.64. The highest BCUT2D eigenvalue weighted by Crippen LogP contribution is 2.39. The Labute approximate surface area is 81.8 Å². The van der Waals surface area contributed by atoms with Crippen molar-refractivity contribution < 1.29 is 4.52 Å². The lowest BCUT2D eigenvalue weighted by Crippen LogP contribution is -1.85. The van der Waals surface area contributed by atoms with Crippen molar-refractivity contribution in [2.45, 2.75) is 18.8 Å². The zero-order chi connectivity index (χ0) is 9.38. The van der Waals surface area contributed by atoms with E-state index in [1.54, 1.807) is 6.26 Å². The molecule has 1 fully saturated rings. The highest BCUT2D eigenvalue weighted by Gasteiger charge is 2.23. The second-order valence-electron chi connectivity index (χ2n) is 3.64. The fourth-order valence-electron chi connectivity index (χ4n) is 1.56. The molecule has 3 rings (SSSR count). The Balaban J connectivity index is 1.93. The van der Waals surface area contributed by atoms with Crippen molar-refractivity contribution >= 4 is 0 Å². The van der Waals surface area contributed by atoms with Crippen molar-refractivity contribution in [1.29, 1.82) is 0 Å². The van der Waals surface area contributed by atoms with Gasteiger partial charge in [-0.15, -0.1) is 0 Å². The lowest BCUT2D eigenvalue weighted by Gasteiger charge is -1.98. The summed E-state index contributed by atoms with van der Waals surface area (Å²) in [6.07, 6.45) is 6.13. The molecule has 1 aliphatic carbocycles. The van der Waals surface area contributed by atoms with Crippen LogP contribution in [0.1, 0.15) is 24.3 Å². The molecule has 1 aliphatic rings. The molecule has 0 aliphatic heterocycles. The summed E-state index contributed by atoms with van der Waals surface area (Å²) in [4.78, 5) is 4.36. The second kappa shape index (κ2) is 2.94. The van der Waals surface area contributed by atoms with Crippen LogP contribution in [0.2, 0.25) is 0 Å². The molecule has 14 heavy (non-hydrogen) atoms. The summed E-state index contributed by atoms with van der Waals surface area (Å²) in [5, 5.41) is 3.84. The summed E-state index contributed by atoms with van der Waals surface area (Å²) in [5.41, 5.74) is 3.02. The predicted octanol–water partition coefficient (Wildman–Crippen LogP) is 2.61. The Bertz CT molecular complexity index is 415. The molecule has 2 aromatic heterocycles. The van der Waals surface area contributed by atoms with Crippen LogP contribution in [0, 0.1) is 0 Å². The summed E-state index contributed by atoms with van der Waals surface area (Å²) in [6.45, 7) is 0. The summed E-state index contributed by atoms with van der Waals surface area (Å²) in [6, 6.07) is 5.96. The molecule has 0 amide bonds. The van der Waals surface area contributed by atoms with Crippen molar-refractivity contribution in [3.8, 4) is 11.4 Å². The van der Waals surface area contributed by atoms with Gasteiger partial charge in [0.25, 0.3) is 0 Å². The summed E-state index contributed by atoms with van der Waals surface area (Å²) < 4.78 is 4.77. The van der Waals surface area contributed by atoms with E-state index >= 15 is 0 Å². The molecule has 3 nitrogen and oxygen atoms in total. The summed E-state index contributed by atoms with van der Waals surface area (Å²) in [7, 11) is 0. The van der Waals surface area contributed by atoms with Crippen molar-refractivity contribution in [1.82, 2.24) is 10.1 Å². The van der Waals surface area contributed by atoms with Crippen LogP contribution in [0.25, 0.3) is 11.4 Å². The van der Waals surface area contributed by atoms with Gasteiger partial charge in [-0.25, -0.2) is 0 Å². The van der Waals surface area contributed by atoms with Gasteiger partial charge in [-0.3, -0.25) is 4.98 Å². The molecule has 1 saturated carbocycles. The fourth-order valence-corrected chi connectivity index (χ4v) is 1.56. The highest BCUT2D eigenvalue weighted by molar-refractivity contribution is 5.52. The average Bonchev–Trinajstić information content (AvgIpc) is 2.94. The quantitative estimate of drug-likeness (QED) is 0.723. The standard InChI is InChI=1S/C11H10N2O/c1-2-8(1)9-3-4-10(12-7-9)11-5-6-14-13-11/h3-8H,1-2H2. The number of hydrogen-bond donors (Lipinski definition) is 0. The Morgan fingerprint density at radius 1 is 1.14 bits per heavy atom. The zero-order valence-corrected chi connectivity index (χ0v) is 7.68. The molecule has 2 heterocycles. The van der Waals surface area contributed by atoms with Crippen LogP contribution in [0.5, 0.6) is 0 Å². The number of pyridine rings is 1. The van der Waals surface area contributed by atoms with E-state index in [9.17, 15) is 0 Å². The summed E-state index contributed by atoms with van der Waals surface area (Å²) >= 11 is 0. The van der Waals surface area contributed by atoms with Crippen LogP contribution in [0.15, 0.2) is 35.2 Å². The van der Waals surface area contributed by atoms with E-state index in [1.807, 2.05) is 18.3 Å². The lowest BCUT2D eigenvalue weighted by molar-refractivity contribution is 0.422. The fraction of sp³-hybridized carbons (Fsp3) is 0.273. The number of hydrogen-bond acceptors (Lipinski definition) is 3. The van der Waals surface area contributed by atoms with E-state index < -0.39 is 0 Å². The number of rotatable bonds is 2. The third-order valence-corrected chi connectivity index (χ3v) is 2.54. The first-order valence-corrected chi connectivity index (χ1v) is 4.80. The van der Waals surface area contributed by atoms with Crippen LogP contribution >= 0.6 is 0 Å². The van der Waals surface area contributed by atoms with Gasteiger partial charge in [-0.2, -0.15) is 0 Å². The first-order chi connectivity index (χ1) is 6.93. The lowest BCUT2D eigenvalue weighted by atomic mass is 10.1. The molecule has 0 atom stereocenters. The molecular weight excluding hydrogens is 176 g/mol. The molecular formula is C11H10N2O. The van der Waals surface area contributed by atoms with Gasteiger partial charge in [0.05, 0.1) is 5.69 Å². The first-order valence-electron chi connectivity index (χ1n) is 4.80. The van der Waals surface area contributed by atoms with Crippen LogP contribution < -0.4 is 0 Å². The maximum absolute atomic E-state index is 4.77. The Morgan fingerprint density at radius 3 is 2.64 bits per heavy atom. The number of nitrogens with zero attached hydrogens (tertiary/aromatic N) is 2. The largest absolute Gasteiger partial charge is 0.364 e. The minimum Gasteiger partial charge on any atom is -0.364 e. The topological polar surface area (TPSA) is 38.9 Å². The van der Waals surface area contributed by atoms with E-state index in [0.29, 0.717) is 0 Å². The van der Waals surface area contributed by atoms with Crippen molar-refractivity contribution in [2.24, 2.45) is 0 Å². The molecule has 0 unspecified atom stereocenters. The molecule has 0 spiro atoms. The molecule has 2 aromatic rings. The van der Waals surface area contributed by atoms with Crippen molar-refractivity contribution in [3.05, 3.63) is 36.2 Å². The first kappa shape index (κ1) is 7.74. The smallest absolute Gasteiger partial charge is 0.132 e. The Kier molecular flexibility index (Phi) is 1.63. The monoisotopic (exact) mass is 186 g/mol. The number of aromatic nitrogens is 2. The van der Waals surface area contributed by atoms with Crippen LogP contribution in [0.4, 0.5) is 0 Å². The molecule has 3 heteroatoms. The molecule has 0 aromatic carbocycles. The molecule has 0 N–H and O–H groups in total. The van der Waals surface area contributed by atoms with Crippen LogP contribution in [0.3, 0.4) is 0 Å². The van der Waals surface area contributed by atoms with Gasteiger partial charge in [0, 0.05) is 12.3 Å². The predicted molar refractivity (Wildman–Crippen MR) is 51.7 cm³/mol. The van der Waals surface area contributed by atoms with Crippen LogP contribution in [-0.2, 0) is 0 Å². The molecule has 0 bridgehead atoms. The maximum atomic E-state index is 4.77. The Morgan fingerprint density at radius 2 is 2.07 bits per heavy atom. The highest BCUT2D eigenvalue weighted by atomic mass is 16.5.